The summed E-state index contributed by atoms with van der Waals surface area (Å²) in [4.78, 5) is 9.61. The number of nitrogens with one attached hydrogen (secondary N) is 1. The molecular formula is C21H30IN5. The lowest BCUT2D eigenvalue weighted by Gasteiger charge is -2.42. The molecular weight excluding hydrogens is 449 g/mol. The van der Waals surface area contributed by atoms with Crippen LogP contribution in [0.15, 0.2) is 29.3 Å². The van der Waals surface area contributed by atoms with Gasteiger partial charge in [0.2, 0.25) is 0 Å². The van der Waals surface area contributed by atoms with Crippen LogP contribution in [0.4, 0.5) is 0 Å². The molecule has 1 aromatic carbocycles. The van der Waals surface area contributed by atoms with Gasteiger partial charge in [0.15, 0.2) is 5.96 Å². The van der Waals surface area contributed by atoms with Crippen molar-refractivity contribution in [3.8, 4) is 6.07 Å². The minimum Gasteiger partial charge on any atom is -0.352 e. The predicted octanol–water partition coefficient (Wildman–Crippen LogP) is 3.06. The minimum atomic E-state index is 0. The molecule has 2 aliphatic carbocycles. The van der Waals surface area contributed by atoms with Crippen LogP contribution in [-0.4, -0.2) is 55.0 Å². The van der Waals surface area contributed by atoms with Crippen LogP contribution in [0.25, 0.3) is 0 Å². The topological polar surface area (TPSA) is 54.7 Å². The van der Waals surface area contributed by atoms with E-state index in [1.165, 1.54) is 31.2 Å². The first-order valence-electron chi connectivity index (χ1n) is 9.95. The average Bonchev–Trinajstić information content (AvgIpc) is 3.33. The van der Waals surface area contributed by atoms with Crippen molar-refractivity contribution in [1.82, 2.24) is 15.1 Å². The van der Waals surface area contributed by atoms with E-state index in [9.17, 15) is 0 Å². The zero-order valence-corrected chi connectivity index (χ0v) is 18.4. The van der Waals surface area contributed by atoms with Crippen LogP contribution in [0.2, 0.25) is 0 Å². The van der Waals surface area contributed by atoms with Crippen molar-refractivity contribution >= 4 is 29.9 Å². The summed E-state index contributed by atoms with van der Waals surface area (Å²) in [5.74, 6) is 2.98. The quantitative estimate of drug-likeness (QED) is 0.412. The highest BCUT2D eigenvalue weighted by Crippen LogP contribution is 2.46. The second-order valence-corrected chi connectivity index (χ2v) is 7.97. The SMILES string of the molecule is CN=C(NCc1ccc(C#N)cc1)N1CCN(C2CC3CCC2C3)CC1.I. The second kappa shape index (κ2) is 9.24. The maximum Gasteiger partial charge on any atom is 0.194 e. The van der Waals surface area contributed by atoms with Crippen LogP contribution in [0.5, 0.6) is 0 Å². The number of nitrogens with zero attached hydrogens (tertiary/aromatic N) is 4. The molecule has 0 spiro atoms. The van der Waals surface area contributed by atoms with E-state index in [-0.39, 0.29) is 24.0 Å². The van der Waals surface area contributed by atoms with E-state index in [1.807, 2.05) is 31.3 Å². The molecule has 4 rings (SSSR count). The molecule has 1 saturated heterocycles. The Labute approximate surface area is 179 Å². The van der Waals surface area contributed by atoms with Crippen molar-refractivity contribution < 1.29 is 0 Å². The number of fused-ring (bicyclic) bond motifs is 2. The highest BCUT2D eigenvalue weighted by atomic mass is 127. The van der Waals surface area contributed by atoms with E-state index < -0.39 is 0 Å². The zero-order chi connectivity index (χ0) is 17.9. The lowest BCUT2D eigenvalue weighted by atomic mass is 9.93. The predicted molar refractivity (Wildman–Crippen MR) is 119 cm³/mol. The first-order chi connectivity index (χ1) is 12.8. The number of nitriles is 1. The molecule has 3 atom stereocenters. The molecule has 2 saturated carbocycles. The van der Waals surface area contributed by atoms with Crippen molar-refractivity contribution in [2.45, 2.75) is 38.3 Å². The third-order valence-corrected chi connectivity index (χ3v) is 6.53. The third-order valence-electron chi connectivity index (χ3n) is 6.53. The molecule has 2 bridgehead atoms. The summed E-state index contributed by atoms with van der Waals surface area (Å²) >= 11 is 0. The molecule has 0 aromatic heterocycles. The Hall–Kier alpha value is -1.33. The van der Waals surface area contributed by atoms with Crippen molar-refractivity contribution in [2.75, 3.05) is 33.2 Å². The van der Waals surface area contributed by atoms with Crippen LogP contribution < -0.4 is 5.32 Å². The van der Waals surface area contributed by atoms with Gasteiger partial charge in [-0.2, -0.15) is 5.26 Å². The molecule has 3 unspecified atom stereocenters. The van der Waals surface area contributed by atoms with Gasteiger partial charge in [-0.1, -0.05) is 18.6 Å². The van der Waals surface area contributed by atoms with Gasteiger partial charge in [0, 0.05) is 45.8 Å². The number of hydrogen-bond acceptors (Lipinski definition) is 3. The average molecular weight is 479 g/mol. The van der Waals surface area contributed by atoms with Crippen molar-refractivity contribution in [2.24, 2.45) is 16.8 Å². The van der Waals surface area contributed by atoms with Gasteiger partial charge < -0.3 is 10.2 Å². The summed E-state index contributed by atoms with van der Waals surface area (Å²) in [6.45, 7) is 5.17. The molecule has 3 aliphatic rings. The van der Waals surface area contributed by atoms with E-state index in [4.69, 9.17) is 5.26 Å². The highest BCUT2D eigenvalue weighted by molar-refractivity contribution is 14.0. The van der Waals surface area contributed by atoms with Gasteiger partial charge in [-0.25, -0.2) is 0 Å². The summed E-state index contributed by atoms with van der Waals surface area (Å²) in [6.07, 6.45) is 5.87. The molecule has 1 aliphatic heterocycles. The van der Waals surface area contributed by atoms with Gasteiger partial charge in [0.05, 0.1) is 11.6 Å². The van der Waals surface area contributed by atoms with Gasteiger partial charge in [0.1, 0.15) is 0 Å². The molecule has 1 heterocycles. The van der Waals surface area contributed by atoms with Gasteiger partial charge in [-0.3, -0.25) is 9.89 Å². The first kappa shape index (κ1) is 20.4. The molecule has 0 radical (unpaired) electrons. The van der Waals surface area contributed by atoms with E-state index in [0.717, 1.165) is 56.6 Å². The summed E-state index contributed by atoms with van der Waals surface area (Å²) in [7, 11) is 1.86. The Morgan fingerprint density at radius 1 is 1.15 bits per heavy atom. The molecule has 0 amide bonds. The Morgan fingerprint density at radius 2 is 1.89 bits per heavy atom. The zero-order valence-electron chi connectivity index (χ0n) is 16.1. The summed E-state index contributed by atoms with van der Waals surface area (Å²) < 4.78 is 0. The van der Waals surface area contributed by atoms with Crippen LogP contribution in [0, 0.1) is 23.2 Å². The minimum absolute atomic E-state index is 0. The lowest BCUT2D eigenvalue weighted by Crippen LogP contribution is -2.55. The Balaban J connectivity index is 0.00000210. The van der Waals surface area contributed by atoms with Crippen LogP contribution in [0.1, 0.15) is 36.8 Å². The number of benzene rings is 1. The van der Waals surface area contributed by atoms with Crippen molar-refractivity contribution in [1.29, 1.82) is 5.26 Å². The molecule has 5 nitrogen and oxygen atoms in total. The maximum atomic E-state index is 8.89. The molecule has 3 fully saturated rings. The highest BCUT2D eigenvalue weighted by Gasteiger charge is 2.42. The number of hydrogen-bond donors (Lipinski definition) is 1. The largest absolute Gasteiger partial charge is 0.352 e. The summed E-state index contributed by atoms with van der Waals surface area (Å²) in [5, 5.41) is 12.4. The first-order valence-corrected chi connectivity index (χ1v) is 9.95. The smallest absolute Gasteiger partial charge is 0.194 e. The maximum absolute atomic E-state index is 8.89. The normalized spacial score (nSPS) is 27.9. The fraction of sp³-hybridized carbons (Fsp3) is 0.619. The van der Waals surface area contributed by atoms with Gasteiger partial charge >= 0.3 is 0 Å². The summed E-state index contributed by atoms with van der Waals surface area (Å²) in [6, 6.07) is 10.8. The standard InChI is InChI=1S/C21H29N5.HI/c1-23-21(24-15-17-4-2-16(14-22)3-5-17)26-10-8-25(9-11-26)20-13-18-6-7-19(20)12-18;/h2-5,18-20H,6-13,15H2,1H3,(H,23,24);1H. The molecule has 27 heavy (non-hydrogen) atoms. The second-order valence-electron chi connectivity index (χ2n) is 7.97. The fourth-order valence-corrected chi connectivity index (χ4v) is 5.13. The van der Waals surface area contributed by atoms with Crippen LogP contribution >= 0.6 is 24.0 Å². The number of guanidine groups is 1. The molecule has 1 N–H and O–H groups in total. The number of aliphatic imine (C=N–C) groups is 1. The van der Waals surface area contributed by atoms with Gasteiger partial charge in [-0.15, -0.1) is 24.0 Å². The van der Waals surface area contributed by atoms with E-state index >= 15 is 0 Å². The Kier molecular flexibility index (Phi) is 6.99. The van der Waals surface area contributed by atoms with E-state index in [2.05, 4.69) is 26.2 Å². The van der Waals surface area contributed by atoms with Gasteiger partial charge in [0.25, 0.3) is 0 Å². The van der Waals surface area contributed by atoms with E-state index in [0.29, 0.717) is 5.56 Å². The summed E-state index contributed by atoms with van der Waals surface area (Å²) in [5.41, 5.74) is 1.88. The number of halogens is 1. The van der Waals surface area contributed by atoms with E-state index in [1.54, 1.807) is 0 Å². The molecule has 6 heteroatoms. The third kappa shape index (κ3) is 4.57. The molecule has 1 aromatic rings. The van der Waals surface area contributed by atoms with Crippen LogP contribution in [-0.2, 0) is 6.54 Å². The van der Waals surface area contributed by atoms with Crippen molar-refractivity contribution in [3.05, 3.63) is 35.4 Å². The number of rotatable bonds is 3. The Morgan fingerprint density at radius 3 is 2.44 bits per heavy atom. The van der Waals surface area contributed by atoms with Crippen molar-refractivity contribution in [3.63, 3.8) is 0 Å². The Bertz CT molecular complexity index is 688. The molecule has 146 valence electrons. The lowest BCUT2D eigenvalue weighted by molar-refractivity contribution is 0.0958. The van der Waals surface area contributed by atoms with Crippen LogP contribution in [0.3, 0.4) is 0 Å². The van der Waals surface area contributed by atoms with Gasteiger partial charge in [-0.05, 0) is 48.8 Å². The number of piperazine rings is 1. The monoisotopic (exact) mass is 479 g/mol. The fourth-order valence-electron chi connectivity index (χ4n) is 5.13.